The van der Waals surface area contributed by atoms with E-state index in [0.29, 0.717) is 39.0 Å². The van der Waals surface area contributed by atoms with Gasteiger partial charge in [-0.3, -0.25) is 9.59 Å². The van der Waals surface area contributed by atoms with Gasteiger partial charge in [0, 0.05) is 23.7 Å². The van der Waals surface area contributed by atoms with E-state index in [-0.39, 0.29) is 37.9 Å². The molecule has 3 rings (SSSR count). The molecule has 168 valence electrons. The van der Waals surface area contributed by atoms with Crippen LogP contribution in [0.15, 0.2) is 30.3 Å². The predicted molar refractivity (Wildman–Crippen MR) is 118 cm³/mol. The zero-order valence-corrected chi connectivity index (χ0v) is 18.9. The van der Waals surface area contributed by atoms with E-state index in [1.165, 1.54) is 14.2 Å². The van der Waals surface area contributed by atoms with Gasteiger partial charge in [0.1, 0.15) is 17.2 Å². The van der Waals surface area contributed by atoms with Crippen LogP contribution in [0, 0.1) is 17.2 Å². The maximum atomic E-state index is 12.8. The van der Waals surface area contributed by atoms with Gasteiger partial charge in [0.2, 0.25) is 11.8 Å². The topological polar surface area (TPSA) is 101 Å². The van der Waals surface area contributed by atoms with Crippen molar-refractivity contribution >= 4 is 23.4 Å². The minimum atomic E-state index is -0.553. The van der Waals surface area contributed by atoms with Crippen LogP contribution in [-0.2, 0) is 22.6 Å². The molecule has 0 saturated carbocycles. The highest BCUT2D eigenvalue weighted by Gasteiger charge is 2.31. The third-order valence-electron chi connectivity index (χ3n) is 5.40. The molecule has 0 aliphatic carbocycles. The van der Waals surface area contributed by atoms with Gasteiger partial charge in [0.05, 0.1) is 57.5 Å². The van der Waals surface area contributed by atoms with E-state index in [1.54, 1.807) is 42.3 Å². The van der Waals surface area contributed by atoms with Crippen molar-refractivity contribution in [2.45, 2.75) is 13.0 Å². The molecule has 1 saturated heterocycles. The van der Waals surface area contributed by atoms with E-state index in [1.807, 2.05) is 0 Å². The maximum Gasteiger partial charge on any atom is 0.242 e. The van der Waals surface area contributed by atoms with Crippen LogP contribution in [0.25, 0.3) is 0 Å². The molecule has 8 nitrogen and oxygen atoms in total. The zero-order chi connectivity index (χ0) is 23.3. The molecule has 1 atom stereocenters. The number of ether oxygens (including phenoxy) is 3. The first kappa shape index (κ1) is 23.2. The lowest BCUT2D eigenvalue weighted by atomic mass is 9.94. The Bertz CT molecular complexity index is 1040. The third kappa shape index (κ3) is 5.06. The molecule has 1 fully saturated rings. The predicted octanol–water partition coefficient (Wildman–Crippen LogP) is 2.55. The largest absolute Gasteiger partial charge is 0.496 e. The fourth-order valence-corrected chi connectivity index (χ4v) is 3.90. The van der Waals surface area contributed by atoms with Gasteiger partial charge in [-0.1, -0.05) is 11.6 Å². The lowest BCUT2D eigenvalue weighted by molar-refractivity contribution is -0.130. The van der Waals surface area contributed by atoms with Crippen molar-refractivity contribution in [2.24, 2.45) is 5.92 Å². The van der Waals surface area contributed by atoms with E-state index < -0.39 is 5.92 Å². The summed E-state index contributed by atoms with van der Waals surface area (Å²) < 4.78 is 16.3. The average molecular weight is 458 g/mol. The number of carbonyl (C=O) groups excluding carboxylic acids is 2. The highest BCUT2D eigenvalue weighted by atomic mass is 35.5. The monoisotopic (exact) mass is 457 g/mol. The van der Waals surface area contributed by atoms with Crippen molar-refractivity contribution < 1.29 is 23.8 Å². The van der Waals surface area contributed by atoms with Gasteiger partial charge in [-0.25, -0.2) is 0 Å². The summed E-state index contributed by atoms with van der Waals surface area (Å²) in [5.41, 5.74) is 1.77. The van der Waals surface area contributed by atoms with Crippen LogP contribution in [0.3, 0.4) is 0 Å². The SMILES string of the molecule is COc1cc(OC)c(CN2C[C@H](Cc3cc(Cl)ccc3C#N)C(=O)NCC2=O)c(OC)c1. The van der Waals surface area contributed by atoms with E-state index >= 15 is 0 Å². The van der Waals surface area contributed by atoms with Crippen LogP contribution in [-0.4, -0.2) is 51.1 Å². The first-order chi connectivity index (χ1) is 15.4. The summed E-state index contributed by atoms with van der Waals surface area (Å²) >= 11 is 6.10. The number of rotatable bonds is 7. The number of nitrogens with one attached hydrogen (secondary N) is 1. The average Bonchev–Trinajstić information content (AvgIpc) is 2.93. The lowest BCUT2D eigenvalue weighted by Gasteiger charge is -2.25. The van der Waals surface area contributed by atoms with Crippen molar-refractivity contribution in [2.75, 3.05) is 34.4 Å². The van der Waals surface area contributed by atoms with Crippen molar-refractivity contribution in [3.63, 3.8) is 0 Å². The van der Waals surface area contributed by atoms with Crippen LogP contribution in [0.5, 0.6) is 17.2 Å². The molecular formula is C23H24ClN3O5. The summed E-state index contributed by atoms with van der Waals surface area (Å²) in [5, 5.41) is 12.6. The number of halogens is 1. The molecule has 1 aliphatic heterocycles. The van der Waals surface area contributed by atoms with Gasteiger partial charge >= 0.3 is 0 Å². The van der Waals surface area contributed by atoms with Crippen LogP contribution in [0.1, 0.15) is 16.7 Å². The third-order valence-corrected chi connectivity index (χ3v) is 5.63. The Morgan fingerprint density at radius 1 is 1.12 bits per heavy atom. The first-order valence-corrected chi connectivity index (χ1v) is 10.3. The summed E-state index contributed by atoms with van der Waals surface area (Å²) in [5.74, 6) is 0.545. The Labute approximate surface area is 191 Å². The number of hydrogen-bond acceptors (Lipinski definition) is 6. The molecule has 2 amide bonds. The van der Waals surface area contributed by atoms with E-state index in [0.717, 1.165) is 0 Å². The number of nitrogens with zero attached hydrogens (tertiary/aromatic N) is 2. The van der Waals surface area contributed by atoms with Gasteiger partial charge in [0.25, 0.3) is 0 Å². The summed E-state index contributed by atoms with van der Waals surface area (Å²) in [7, 11) is 4.59. The number of amides is 2. The van der Waals surface area contributed by atoms with E-state index in [4.69, 9.17) is 25.8 Å². The highest BCUT2D eigenvalue weighted by Crippen LogP contribution is 2.35. The van der Waals surface area contributed by atoms with Gasteiger partial charge in [-0.2, -0.15) is 5.26 Å². The van der Waals surface area contributed by atoms with Gasteiger partial charge in [-0.15, -0.1) is 0 Å². The van der Waals surface area contributed by atoms with Crippen LogP contribution in [0.4, 0.5) is 0 Å². The second-order valence-corrected chi connectivity index (χ2v) is 7.75. The number of benzene rings is 2. The maximum absolute atomic E-state index is 12.8. The summed E-state index contributed by atoms with van der Waals surface area (Å²) in [6.45, 7) is 0.235. The molecule has 9 heteroatoms. The number of hydrogen-bond donors (Lipinski definition) is 1. The molecule has 1 aliphatic rings. The van der Waals surface area contributed by atoms with E-state index in [2.05, 4.69) is 11.4 Å². The van der Waals surface area contributed by atoms with Crippen molar-refractivity contribution in [1.82, 2.24) is 10.2 Å². The molecule has 0 bridgehead atoms. The molecule has 32 heavy (non-hydrogen) atoms. The smallest absolute Gasteiger partial charge is 0.242 e. The summed E-state index contributed by atoms with van der Waals surface area (Å²) in [6, 6.07) is 10.5. The summed E-state index contributed by atoms with van der Waals surface area (Å²) in [6.07, 6.45) is 0.274. The van der Waals surface area contributed by atoms with Gasteiger partial charge < -0.3 is 24.4 Å². The van der Waals surface area contributed by atoms with Crippen molar-refractivity contribution in [3.8, 4) is 23.3 Å². The van der Waals surface area contributed by atoms with Crippen molar-refractivity contribution in [1.29, 1.82) is 5.26 Å². The normalized spacial score (nSPS) is 16.1. The molecular weight excluding hydrogens is 434 g/mol. The Morgan fingerprint density at radius 3 is 2.41 bits per heavy atom. The minimum absolute atomic E-state index is 0.114. The number of carbonyl (C=O) groups is 2. The number of nitriles is 1. The first-order valence-electron chi connectivity index (χ1n) is 9.93. The lowest BCUT2D eigenvalue weighted by Crippen LogP contribution is -2.36. The molecule has 0 radical (unpaired) electrons. The minimum Gasteiger partial charge on any atom is -0.496 e. The molecule has 2 aromatic rings. The molecule has 2 aromatic carbocycles. The quantitative estimate of drug-likeness (QED) is 0.685. The second kappa shape index (κ2) is 10.2. The highest BCUT2D eigenvalue weighted by molar-refractivity contribution is 6.30. The fraction of sp³-hybridized carbons (Fsp3) is 0.348. The molecule has 0 aromatic heterocycles. The van der Waals surface area contributed by atoms with Gasteiger partial charge in [0.15, 0.2) is 0 Å². The van der Waals surface area contributed by atoms with Gasteiger partial charge in [-0.05, 0) is 30.2 Å². The van der Waals surface area contributed by atoms with E-state index in [9.17, 15) is 14.9 Å². The second-order valence-electron chi connectivity index (χ2n) is 7.32. The fourth-order valence-electron chi connectivity index (χ4n) is 3.71. The Hall–Kier alpha value is -3.44. The standard InChI is InChI=1S/C23H24ClN3O5/c1-30-18-8-20(31-2)19(21(9-18)32-3)13-27-12-16(23(29)26-11-22(27)28)6-15-7-17(24)5-4-14(15)10-25/h4-5,7-9,16H,6,11-13H2,1-3H3,(H,26,29)/t16-/m0/s1. The molecule has 0 unspecified atom stereocenters. The Morgan fingerprint density at radius 2 is 1.81 bits per heavy atom. The Kier molecular flexibility index (Phi) is 7.44. The van der Waals surface area contributed by atoms with Crippen LogP contribution >= 0.6 is 11.6 Å². The van der Waals surface area contributed by atoms with Crippen LogP contribution < -0.4 is 19.5 Å². The molecule has 1 N–H and O–H groups in total. The molecule has 0 spiro atoms. The summed E-state index contributed by atoms with van der Waals surface area (Å²) in [4.78, 5) is 27.1. The number of methoxy groups -OCH3 is 3. The zero-order valence-electron chi connectivity index (χ0n) is 18.1. The molecule has 1 heterocycles. The Balaban J connectivity index is 1.91. The van der Waals surface area contributed by atoms with Crippen LogP contribution in [0.2, 0.25) is 5.02 Å². The van der Waals surface area contributed by atoms with Crippen molar-refractivity contribution in [3.05, 3.63) is 52.0 Å².